The van der Waals surface area contributed by atoms with Gasteiger partial charge in [-0.05, 0) is 18.9 Å². The second-order valence-corrected chi connectivity index (χ2v) is 4.73. The van der Waals surface area contributed by atoms with Crippen molar-refractivity contribution in [2.45, 2.75) is 18.4 Å². The zero-order chi connectivity index (χ0) is 11.0. The Morgan fingerprint density at radius 2 is 2.00 bits per heavy atom. The van der Waals surface area contributed by atoms with Gasteiger partial charge in [-0.1, -0.05) is 6.07 Å². The van der Waals surface area contributed by atoms with E-state index in [1.165, 1.54) is 12.8 Å². The topological polar surface area (TPSA) is 48.4 Å². The van der Waals surface area contributed by atoms with Crippen molar-refractivity contribution in [2.75, 3.05) is 31.1 Å². The molecule has 2 aliphatic heterocycles. The molecule has 2 N–H and O–H groups in total. The first kappa shape index (κ1) is 10.1. The Morgan fingerprint density at radius 1 is 1.25 bits per heavy atom. The fourth-order valence-electron chi connectivity index (χ4n) is 2.36. The minimum atomic E-state index is -0.684. The number of hydrogen-bond acceptors (Lipinski definition) is 4. The monoisotopic (exact) mass is 219 g/mol. The number of nitrogens with one attached hydrogen (secondary N) is 1. The average Bonchev–Trinajstić information content (AvgIpc) is 2.80. The lowest BCUT2D eigenvalue weighted by atomic mass is 9.89. The molecule has 2 saturated heterocycles. The second-order valence-electron chi connectivity index (χ2n) is 4.73. The molecule has 0 aromatic carbocycles. The van der Waals surface area contributed by atoms with Crippen LogP contribution in [0, 0.1) is 0 Å². The van der Waals surface area contributed by atoms with Crippen molar-refractivity contribution >= 4 is 5.82 Å². The summed E-state index contributed by atoms with van der Waals surface area (Å²) < 4.78 is 0. The summed E-state index contributed by atoms with van der Waals surface area (Å²) in [6.07, 6.45) is 4.34. The molecule has 0 amide bonds. The number of aromatic nitrogens is 1. The molecule has 3 rings (SSSR count). The van der Waals surface area contributed by atoms with Gasteiger partial charge in [-0.15, -0.1) is 0 Å². The number of pyridine rings is 1. The van der Waals surface area contributed by atoms with Crippen molar-refractivity contribution in [3.8, 4) is 0 Å². The summed E-state index contributed by atoms with van der Waals surface area (Å²) in [6, 6.07) is 4.03. The highest BCUT2D eigenvalue weighted by molar-refractivity contribution is 5.41. The molecule has 0 unspecified atom stereocenters. The van der Waals surface area contributed by atoms with Crippen molar-refractivity contribution in [3.05, 3.63) is 23.9 Å². The highest BCUT2D eigenvalue weighted by Crippen LogP contribution is 2.26. The fourth-order valence-corrected chi connectivity index (χ4v) is 2.36. The van der Waals surface area contributed by atoms with Gasteiger partial charge in [-0.2, -0.15) is 0 Å². The zero-order valence-electron chi connectivity index (χ0n) is 9.32. The number of aliphatic hydroxyl groups is 1. The molecule has 0 bridgehead atoms. The first-order valence-electron chi connectivity index (χ1n) is 5.93. The number of β-amino-alcohol motifs (C(OH)–C–C–N with tert-alkyl or cyclic N) is 1. The van der Waals surface area contributed by atoms with E-state index >= 15 is 0 Å². The van der Waals surface area contributed by atoms with Gasteiger partial charge in [0, 0.05) is 37.9 Å². The van der Waals surface area contributed by atoms with Gasteiger partial charge in [-0.3, -0.25) is 0 Å². The molecule has 0 saturated carbocycles. The lowest BCUT2D eigenvalue weighted by molar-refractivity contribution is -0.0149. The highest BCUT2D eigenvalue weighted by Gasteiger charge is 2.36. The van der Waals surface area contributed by atoms with E-state index in [0.29, 0.717) is 13.1 Å². The van der Waals surface area contributed by atoms with Gasteiger partial charge in [-0.25, -0.2) is 4.98 Å². The Bertz CT molecular complexity index is 366. The van der Waals surface area contributed by atoms with Gasteiger partial charge >= 0.3 is 0 Å². The molecular weight excluding hydrogens is 202 g/mol. The molecule has 86 valence electrons. The van der Waals surface area contributed by atoms with Crippen molar-refractivity contribution < 1.29 is 5.11 Å². The van der Waals surface area contributed by atoms with Gasteiger partial charge in [0.2, 0.25) is 0 Å². The molecular formula is C12H17N3O. The predicted octanol–water partition coefficient (Wildman–Crippen LogP) is 0.473. The number of anilines is 1. The Balaban J connectivity index is 1.79. The van der Waals surface area contributed by atoms with E-state index in [9.17, 15) is 5.11 Å². The molecule has 0 aliphatic carbocycles. The smallest absolute Gasteiger partial charge is 0.128 e. The number of rotatable bonds is 2. The van der Waals surface area contributed by atoms with E-state index in [4.69, 9.17) is 0 Å². The summed E-state index contributed by atoms with van der Waals surface area (Å²) in [6.45, 7) is 3.49. The predicted molar refractivity (Wildman–Crippen MR) is 62.5 cm³/mol. The minimum absolute atomic E-state index is 0.637. The standard InChI is InChI=1S/C12H17N3O/c16-12(8-13-9-12)10-3-4-11(14-7-10)15-5-1-2-6-15/h3-4,7,13,16H,1-2,5-6,8-9H2. The maximum Gasteiger partial charge on any atom is 0.128 e. The maximum atomic E-state index is 10.1. The summed E-state index contributed by atoms with van der Waals surface area (Å²) in [5.74, 6) is 1.04. The van der Waals surface area contributed by atoms with Crippen LogP contribution >= 0.6 is 0 Å². The summed E-state index contributed by atoms with van der Waals surface area (Å²) in [5, 5.41) is 13.2. The molecule has 1 aromatic rings. The quantitative estimate of drug-likeness (QED) is 0.759. The summed E-state index contributed by atoms with van der Waals surface area (Å²) in [7, 11) is 0. The van der Waals surface area contributed by atoms with Gasteiger partial charge in [0.05, 0.1) is 0 Å². The third-order valence-electron chi connectivity index (χ3n) is 3.55. The molecule has 0 atom stereocenters. The fraction of sp³-hybridized carbons (Fsp3) is 0.583. The molecule has 1 aromatic heterocycles. The molecule has 2 fully saturated rings. The molecule has 0 spiro atoms. The van der Waals surface area contributed by atoms with E-state index in [-0.39, 0.29) is 0 Å². The van der Waals surface area contributed by atoms with Gasteiger partial charge in [0.25, 0.3) is 0 Å². The largest absolute Gasteiger partial charge is 0.382 e. The molecule has 4 heteroatoms. The van der Waals surface area contributed by atoms with Crippen LogP contribution in [0.3, 0.4) is 0 Å². The minimum Gasteiger partial charge on any atom is -0.382 e. The molecule has 2 aliphatic rings. The third kappa shape index (κ3) is 1.58. The average molecular weight is 219 g/mol. The maximum absolute atomic E-state index is 10.1. The van der Waals surface area contributed by atoms with Crippen molar-refractivity contribution in [1.82, 2.24) is 10.3 Å². The Hall–Kier alpha value is -1.13. The van der Waals surface area contributed by atoms with E-state index in [1.54, 1.807) is 0 Å². The van der Waals surface area contributed by atoms with Crippen molar-refractivity contribution in [2.24, 2.45) is 0 Å². The lowest BCUT2D eigenvalue weighted by Crippen LogP contribution is -2.56. The van der Waals surface area contributed by atoms with Crippen LogP contribution in [0.1, 0.15) is 18.4 Å². The van der Waals surface area contributed by atoms with Crippen LogP contribution in [-0.4, -0.2) is 36.3 Å². The van der Waals surface area contributed by atoms with Crippen molar-refractivity contribution in [3.63, 3.8) is 0 Å². The summed E-state index contributed by atoms with van der Waals surface area (Å²) in [5.41, 5.74) is 0.241. The van der Waals surface area contributed by atoms with Gasteiger partial charge in [0.1, 0.15) is 11.4 Å². The van der Waals surface area contributed by atoms with Crippen molar-refractivity contribution in [1.29, 1.82) is 0 Å². The number of hydrogen-bond donors (Lipinski definition) is 2. The van der Waals surface area contributed by atoms with Crippen LogP contribution in [0.15, 0.2) is 18.3 Å². The lowest BCUT2D eigenvalue weighted by Gasteiger charge is -2.37. The third-order valence-corrected chi connectivity index (χ3v) is 3.55. The molecule has 16 heavy (non-hydrogen) atoms. The highest BCUT2D eigenvalue weighted by atomic mass is 16.3. The van der Waals surface area contributed by atoms with E-state index in [1.807, 2.05) is 18.3 Å². The number of nitrogens with zero attached hydrogens (tertiary/aromatic N) is 2. The van der Waals surface area contributed by atoms with Crippen LogP contribution in [0.5, 0.6) is 0 Å². The Labute approximate surface area is 95.3 Å². The Morgan fingerprint density at radius 3 is 2.50 bits per heavy atom. The SMILES string of the molecule is OC1(c2ccc(N3CCCC3)nc2)CNC1. The van der Waals surface area contributed by atoms with Crippen LogP contribution < -0.4 is 10.2 Å². The van der Waals surface area contributed by atoms with Gasteiger partial charge in [0.15, 0.2) is 0 Å². The second kappa shape index (κ2) is 3.71. The first-order chi connectivity index (χ1) is 7.78. The molecule has 0 radical (unpaired) electrons. The molecule has 4 nitrogen and oxygen atoms in total. The first-order valence-corrected chi connectivity index (χ1v) is 5.93. The van der Waals surface area contributed by atoms with E-state index in [2.05, 4.69) is 15.2 Å². The molecule has 3 heterocycles. The van der Waals surface area contributed by atoms with Crippen LogP contribution in [0.4, 0.5) is 5.82 Å². The van der Waals surface area contributed by atoms with Crippen LogP contribution in [0.25, 0.3) is 0 Å². The van der Waals surface area contributed by atoms with E-state index in [0.717, 1.165) is 24.5 Å². The summed E-state index contributed by atoms with van der Waals surface area (Å²) in [4.78, 5) is 6.75. The van der Waals surface area contributed by atoms with Crippen LogP contribution in [-0.2, 0) is 5.60 Å². The summed E-state index contributed by atoms with van der Waals surface area (Å²) >= 11 is 0. The van der Waals surface area contributed by atoms with Crippen LogP contribution in [0.2, 0.25) is 0 Å². The Kier molecular flexibility index (Phi) is 2.33. The zero-order valence-corrected chi connectivity index (χ0v) is 9.32. The van der Waals surface area contributed by atoms with E-state index < -0.39 is 5.60 Å². The van der Waals surface area contributed by atoms with Gasteiger partial charge < -0.3 is 15.3 Å². The normalized spacial score (nSPS) is 23.2.